The van der Waals surface area contributed by atoms with Crippen molar-refractivity contribution in [1.82, 2.24) is 4.90 Å². The first-order valence-electron chi connectivity index (χ1n) is 6.42. The van der Waals surface area contributed by atoms with Crippen LogP contribution >= 0.6 is 0 Å². The molecule has 17 heavy (non-hydrogen) atoms. The molecule has 1 N–H and O–H groups in total. The van der Waals surface area contributed by atoms with Crippen molar-refractivity contribution in [1.29, 1.82) is 0 Å². The van der Waals surface area contributed by atoms with Gasteiger partial charge in [-0.2, -0.15) is 0 Å². The highest BCUT2D eigenvalue weighted by Gasteiger charge is 2.35. The molecule has 1 saturated carbocycles. The fraction of sp³-hybridized carbons (Fsp3) is 0.571. The fourth-order valence-electron chi connectivity index (χ4n) is 3.38. The number of hydrogen-bond donors (Lipinski definition) is 1. The van der Waals surface area contributed by atoms with Crippen molar-refractivity contribution in [2.45, 2.75) is 25.8 Å². The van der Waals surface area contributed by atoms with Crippen LogP contribution < -0.4 is 0 Å². The molecule has 0 amide bonds. The Morgan fingerprint density at radius 1 is 1.24 bits per heavy atom. The molecule has 1 aromatic rings. The van der Waals surface area contributed by atoms with Gasteiger partial charge in [-0.3, -0.25) is 4.90 Å². The lowest BCUT2D eigenvalue weighted by atomic mass is 10.0. The highest BCUT2D eigenvalue weighted by Crippen LogP contribution is 2.38. The normalized spacial score (nSPS) is 28.5. The Balaban J connectivity index is 1.69. The maximum Gasteiger partial charge on any atom is 0.123 e. The smallest absolute Gasteiger partial charge is 0.123 e. The maximum atomic E-state index is 13.1. The summed E-state index contributed by atoms with van der Waals surface area (Å²) in [5, 5.41) is 9.70. The van der Waals surface area contributed by atoms with Crippen molar-refractivity contribution in [3.05, 3.63) is 29.6 Å². The van der Waals surface area contributed by atoms with E-state index in [4.69, 9.17) is 0 Å². The highest BCUT2D eigenvalue weighted by molar-refractivity contribution is 5.32. The molecule has 0 bridgehead atoms. The number of fused-ring (bicyclic) bond motifs is 1. The Bertz CT molecular complexity index is 409. The van der Waals surface area contributed by atoms with Crippen molar-refractivity contribution >= 4 is 0 Å². The third-order valence-electron chi connectivity index (χ3n) is 4.24. The Kier molecular flexibility index (Phi) is 2.79. The molecule has 3 rings (SSSR count). The van der Waals surface area contributed by atoms with E-state index >= 15 is 0 Å². The van der Waals surface area contributed by atoms with Gasteiger partial charge in [0.15, 0.2) is 0 Å². The number of aromatic hydroxyl groups is 1. The first-order chi connectivity index (χ1) is 8.22. The quantitative estimate of drug-likeness (QED) is 0.852. The standard InChI is InChI=1S/C14H18FNO/c15-13-4-5-14(17)12(6-13)9-16-7-10-2-1-3-11(10)8-16/h4-6,10-11,17H,1-3,7-9H2. The van der Waals surface area contributed by atoms with Crippen molar-refractivity contribution in [2.24, 2.45) is 11.8 Å². The Morgan fingerprint density at radius 2 is 1.94 bits per heavy atom. The van der Waals surface area contributed by atoms with Gasteiger partial charge in [0.2, 0.25) is 0 Å². The summed E-state index contributed by atoms with van der Waals surface area (Å²) >= 11 is 0. The van der Waals surface area contributed by atoms with Crippen LogP contribution in [0.15, 0.2) is 18.2 Å². The van der Waals surface area contributed by atoms with Crippen molar-refractivity contribution < 1.29 is 9.50 Å². The van der Waals surface area contributed by atoms with E-state index < -0.39 is 0 Å². The van der Waals surface area contributed by atoms with Crippen LogP contribution in [-0.4, -0.2) is 23.1 Å². The summed E-state index contributed by atoms with van der Waals surface area (Å²) in [5.74, 6) is 1.62. The van der Waals surface area contributed by atoms with Gasteiger partial charge in [0.25, 0.3) is 0 Å². The molecule has 0 spiro atoms. The summed E-state index contributed by atoms with van der Waals surface area (Å²) < 4.78 is 13.1. The molecule has 2 unspecified atom stereocenters. The molecule has 0 aromatic heterocycles. The van der Waals surface area contributed by atoms with Crippen LogP contribution in [0.2, 0.25) is 0 Å². The summed E-state index contributed by atoms with van der Waals surface area (Å²) in [5.41, 5.74) is 0.713. The van der Waals surface area contributed by atoms with Crippen LogP contribution in [0.4, 0.5) is 4.39 Å². The van der Waals surface area contributed by atoms with Gasteiger partial charge in [0.05, 0.1) is 0 Å². The maximum absolute atomic E-state index is 13.1. The molecular weight excluding hydrogens is 217 g/mol. The van der Waals surface area contributed by atoms with Crippen LogP contribution in [0.25, 0.3) is 0 Å². The largest absolute Gasteiger partial charge is 0.508 e. The molecule has 1 aliphatic carbocycles. The van der Waals surface area contributed by atoms with Gasteiger partial charge in [0.1, 0.15) is 11.6 Å². The first kappa shape index (κ1) is 11.0. The molecule has 1 aliphatic heterocycles. The minimum Gasteiger partial charge on any atom is -0.508 e. The Labute approximate surface area is 101 Å². The summed E-state index contributed by atoms with van der Waals surface area (Å²) in [6.45, 7) is 2.90. The van der Waals surface area contributed by atoms with Gasteiger partial charge in [-0.1, -0.05) is 6.42 Å². The predicted octanol–water partition coefficient (Wildman–Crippen LogP) is 2.76. The minimum absolute atomic E-state index is 0.212. The number of phenols is 1. The van der Waals surface area contributed by atoms with Gasteiger partial charge in [-0.05, 0) is 42.9 Å². The second-order valence-electron chi connectivity index (χ2n) is 5.42. The number of phenolic OH excluding ortho intramolecular Hbond substituents is 1. The predicted molar refractivity (Wildman–Crippen MR) is 64.2 cm³/mol. The fourth-order valence-corrected chi connectivity index (χ4v) is 3.38. The minimum atomic E-state index is -0.266. The van der Waals surface area contributed by atoms with E-state index in [0.29, 0.717) is 12.1 Å². The average molecular weight is 235 g/mol. The molecule has 3 heteroatoms. The van der Waals surface area contributed by atoms with E-state index in [-0.39, 0.29) is 11.6 Å². The molecule has 0 radical (unpaired) electrons. The van der Waals surface area contributed by atoms with Crippen LogP contribution in [0.1, 0.15) is 24.8 Å². The molecule has 1 aromatic carbocycles. The van der Waals surface area contributed by atoms with Gasteiger partial charge < -0.3 is 5.11 Å². The van der Waals surface area contributed by atoms with Gasteiger partial charge in [-0.15, -0.1) is 0 Å². The molecule has 2 aliphatic rings. The Hall–Kier alpha value is -1.09. The summed E-state index contributed by atoms with van der Waals surface area (Å²) in [4.78, 5) is 2.35. The van der Waals surface area contributed by atoms with Gasteiger partial charge in [0, 0.05) is 25.2 Å². The van der Waals surface area contributed by atoms with E-state index in [2.05, 4.69) is 4.90 Å². The second-order valence-corrected chi connectivity index (χ2v) is 5.42. The monoisotopic (exact) mass is 235 g/mol. The van der Waals surface area contributed by atoms with Crippen LogP contribution in [-0.2, 0) is 6.54 Å². The third-order valence-corrected chi connectivity index (χ3v) is 4.24. The summed E-state index contributed by atoms with van der Waals surface area (Å²) in [6, 6.07) is 4.20. The highest BCUT2D eigenvalue weighted by atomic mass is 19.1. The SMILES string of the molecule is Oc1ccc(F)cc1CN1CC2CCCC2C1. The van der Waals surface area contributed by atoms with Crippen molar-refractivity contribution in [3.8, 4) is 5.75 Å². The van der Waals surface area contributed by atoms with Crippen LogP contribution in [0.3, 0.4) is 0 Å². The van der Waals surface area contributed by atoms with E-state index in [1.807, 2.05) is 0 Å². The van der Waals surface area contributed by atoms with Crippen LogP contribution in [0.5, 0.6) is 5.75 Å². The average Bonchev–Trinajstić information content (AvgIpc) is 2.83. The molecule has 2 atom stereocenters. The number of hydrogen-bond acceptors (Lipinski definition) is 2. The summed E-state index contributed by atoms with van der Waals surface area (Å²) in [6.07, 6.45) is 4.06. The van der Waals surface area contributed by atoms with Crippen molar-refractivity contribution in [3.63, 3.8) is 0 Å². The lowest BCUT2D eigenvalue weighted by molar-refractivity contribution is 0.297. The van der Waals surface area contributed by atoms with E-state index in [1.54, 1.807) is 0 Å². The number of likely N-dealkylation sites (tertiary alicyclic amines) is 1. The number of halogens is 1. The molecule has 2 nitrogen and oxygen atoms in total. The second kappa shape index (κ2) is 4.30. The molecular formula is C14H18FNO. The molecule has 92 valence electrons. The number of nitrogens with zero attached hydrogens (tertiary/aromatic N) is 1. The lowest BCUT2D eigenvalue weighted by Gasteiger charge is -2.17. The zero-order valence-electron chi connectivity index (χ0n) is 9.90. The van der Waals surface area contributed by atoms with E-state index in [9.17, 15) is 9.50 Å². The third kappa shape index (κ3) is 2.16. The van der Waals surface area contributed by atoms with Gasteiger partial charge >= 0.3 is 0 Å². The Morgan fingerprint density at radius 3 is 2.65 bits per heavy atom. The zero-order chi connectivity index (χ0) is 11.8. The molecule has 1 saturated heterocycles. The zero-order valence-corrected chi connectivity index (χ0v) is 9.90. The lowest BCUT2D eigenvalue weighted by Crippen LogP contribution is -2.21. The molecule has 2 fully saturated rings. The number of benzene rings is 1. The van der Waals surface area contributed by atoms with Crippen LogP contribution in [0, 0.1) is 17.7 Å². The van der Waals surface area contributed by atoms with E-state index in [0.717, 1.165) is 24.9 Å². The first-order valence-corrected chi connectivity index (χ1v) is 6.42. The van der Waals surface area contributed by atoms with Crippen molar-refractivity contribution in [2.75, 3.05) is 13.1 Å². The van der Waals surface area contributed by atoms with Gasteiger partial charge in [-0.25, -0.2) is 4.39 Å². The number of rotatable bonds is 2. The topological polar surface area (TPSA) is 23.5 Å². The summed E-state index contributed by atoms with van der Waals surface area (Å²) in [7, 11) is 0. The molecule has 1 heterocycles. The van der Waals surface area contributed by atoms with E-state index in [1.165, 1.54) is 37.5 Å².